The molecule has 1 aromatic heterocycles. The van der Waals surface area contributed by atoms with Gasteiger partial charge in [-0.15, -0.1) is 0 Å². The number of carboxylic acids is 1. The molecule has 0 saturated heterocycles. The third-order valence-electron chi connectivity index (χ3n) is 3.12. The van der Waals surface area contributed by atoms with Crippen LogP contribution in [0.3, 0.4) is 0 Å². The fourth-order valence-corrected chi connectivity index (χ4v) is 2.38. The van der Waals surface area contributed by atoms with Crippen LogP contribution in [-0.2, 0) is 17.9 Å². The van der Waals surface area contributed by atoms with Crippen LogP contribution < -0.4 is 4.90 Å². The first kappa shape index (κ1) is 15.4. The van der Waals surface area contributed by atoms with Gasteiger partial charge >= 0.3 is 5.97 Å². The Bertz CT molecular complexity index is 612. The van der Waals surface area contributed by atoms with E-state index >= 15 is 0 Å². The third-order valence-corrected chi connectivity index (χ3v) is 3.35. The van der Waals surface area contributed by atoms with Gasteiger partial charge < -0.3 is 14.6 Å². The van der Waals surface area contributed by atoms with Crippen molar-refractivity contribution in [3.63, 3.8) is 0 Å². The van der Waals surface area contributed by atoms with Crippen LogP contribution in [0.2, 0.25) is 5.02 Å². The Morgan fingerprint density at radius 3 is 2.95 bits per heavy atom. The summed E-state index contributed by atoms with van der Waals surface area (Å²) in [6, 6.07) is 7.21. The lowest BCUT2D eigenvalue weighted by molar-refractivity contribution is -0.135. The van der Waals surface area contributed by atoms with E-state index in [0.717, 1.165) is 24.3 Å². The first-order valence-corrected chi connectivity index (χ1v) is 7.19. The van der Waals surface area contributed by atoms with Crippen molar-refractivity contribution in [2.45, 2.75) is 26.4 Å². The molecule has 6 heteroatoms. The molecule has 0 aliphatic heterocycles. The van der Waals surface area contributed by atoms with Crippen molar-refractivity contribution < 1.29 is 9.90 Å². The number of aryl methyl sites for hydroxylation is 1. The molecule has 1 heterocycles. The molecular weight excluding hydrogens is 290 g/mol. The minimum atomic E-state index is -0.878. The van der Waals surface area contributed by atoms with E-state index in [1.165, 1.54) is 0 Å². The minimum Gasteiger partial charge on any atom is -0.480 e. The van der Waals surface area contributed by atoms with Gasteiger partial charge in [0.2, 0.25) is 0 Å². The zero-order chi connectivity index (χ0) is 15.2. The average molecular weight is 308 g/mol. The smallest absolute Gasteiger partial charge is 0.323 e. The number of hydrogen-bond acceptors (Lipinski definition) is 3. The molecule has 1 N–H and O–H groups in total. The number of halogens is 1. The van der Waals surface area contributed by atoms with E-state index in [9.17, 15) is 4.79 Å². The van der Waals surface area contributed by atoms with Gasteiger partial charge in [-0.2, -0.15) is 0 Å². The summed E-state index contributed by atoms with van der Waals surface area (Å²) in [6.07, 6.45) is 4.55. The Balaban J connectivity index is 2.24. The summed E-state index contributed by atoms with van der Waals surface area (Å²) in [5.41, 5.74) is 1.77. The summed E-state index contributed by atoms with van der Waals surface area (Å²) in [4.78, 5) is 17.0. The van der Waals surface area contributed by atoms with Crippen molar-refractivity contribution in [2.75, 3.05) is 11.4 Å². The molecule has 0 fully saturated rings. The minimum absolute atomic E-state index is 0.0857. The summed E-state index contributed by atoms with van der Waals surface area (Å²) < 4.78 is 2.04. The molecule has 5 nitrogen and oxygen atoms in total. The van der Waals surface area contributed by atoms with Crippen LogP contribution in [0.5, 0.6) is 0 Å². The molecule has 0 saturated carbocycles. The van der Waals surface area contributed by atoms with E-state index in [-0.39, 0.29) is 6.54 Å². The lowest BCUT2D eigenvalue weighted by Crippen LogP contribution is -2.30. The second kappa shape index (κ2) is 7.13. The highest BCUT2D eigenvalue weighted by molar-refractivity contribution is 6.30. The van der Waals surface area contributed by atoms with Crippen LogP contribution in [0, 0.1) is 0 Å². The zero-order valence-corrected chi connectivity index (χ0v) is 12.6. The SMILES string of the molecule is CCCn1cncc1CN(CC(=O)O)c1cccc(Cl)c1. The molecule has 0 unspecified atom stereocenters. The van der Waals surface area contributed by atoms with Gasteiger partial charge in [0, 0.05) is 23.5 Å². The van der Waals surface area contributed by atoms with Gasteiger partial charge in [0.15, 0.2) is 0 Å². The predicted octanol–water partition coefficient (Wildman–Crippen LogP) is 3.04. The molecule has 0 bridgehead atoms. The Kier molecular flexibility index (Phi) is 5.22. The van der Waals surface area contributed by atoms with Crippen molar-refractivity contribution >= 4 is 23.3 Å². The second-order valence-electron chi connectivity index (χ2n) is 4.81. The summed E-state index contributed by atoms with van der Waals surface area (Å²) in [6.45, 7) is 3.35. The van der Waals surface area contributed by atoms with E-state index in [1.54, 1.807) is 29.6 Å². The van der Waals surface area contributed by atoms with Gasteiger partial charge in [-0.05, 0) is 24.6 Å². The Morgan fingerprint density at radius 2 is 2.29 bits per heavy atom. The third kappa shape index (κ3) is 4.23. The van der Waals surface area contributed by atoms with Crippen molar-refractivity contribution in [2.24, 2.45) is 0 Å². The van der Waals surface area contributed by atoms with E-state index in [0.29, 0.717) is 11.6 Å². The molecule has 2 aromatic rings. The molecule has 1 aromatic carbocycles. The summed E-state index contributed by atoms with van der Waals surface area (Å²) in [5, 5.41) is 9.71. The van der Waals surface area contributed by atoms with Gasteiger partial charge in [0.1, 0.15) is 6.54 Å². The summed E-state index contributed by atoms with van der Waals surface area (Å²) >= 11 is 6.00. The number of carboxylic acid groups (broad SMARTS) is 1. The van der Waals surface area contributed by atoms with Crippen LogP contribution in [0.15, 0.2) is 36.8 Å². The fourth-order valence-electron chi connectivity index (χ4n) is 2.19. The topological polar surface area (TPSA) is 58.4 Å². The number of hydrogen-bond donors (Lipinski definition) is 1. The number of nitrogens with zero attached hydrogens (tertiary/aromatic N) is 3. The number of aliphatic carboxylic acids is 1. The number of anilines is 1. The molecule has 2 rings (SSSR count). The molecule has 0 aliphatic rings. The molecule has 0 radical (unpaired) electrons. The average Bonchev–Trinajstić information content (AvgIpc) is 2.85. The van der Waals surface area contributed by atoms with Crippen LogP contribution in [0.25, 0.3) is 0 Å². The van der Waals surface area contributed by atoms with E-state index in [4.69, 9.17) is 16.7 Å². The van der Waals surface area contributed by atoms with Crippen LogP contribution in [-0.4, -0.2) is 27.2 Å². The van der Waals surface area contributed by atoms with Gasteiger partial charge in [-0.1, -0.05) is 24.6 Å². The molecule has 21 heavy (non-hydrogen) atoms. The van der Waals surface area contributed by atoms with Gasteiger partial charge in [0.25, 0.3) is 0 Å². The number of imidazole rings is 1. The fraction of sp³-hybridized carbons (Fsp3) is 0.333. The molecular formula is C15H18ClN3O2. The van der Waals surface area contributed by atoms with Gasteiger partial charge in [0.05, 0.1) is 18.6 Å². The van der Waals surface area contributed by atoms with Crippen molar-refractivity contribution in [3.05, 3.63) is 47.5 Å². The zero-order valence-electron chi connectivity index (χ0n) is 11.9. The first-order valence-electron chi connectivity index (χ1n) is 6.81. The van der Waals surface area contributed by atoms with Crippen molar-refractivity contribution in [1.29, 1.82) is 0 Å². The lowest BCUT2D eigenvalue weighted by atomic mass is 10.2. The van der Waals surface area contributed by atoms with Gasteiger partial charge in [-0.3, -0.25) is 4.79 Å². The van der Waals surface area contributed by atoms with E-state index in [1.807, 2.05) is 16.7 Å². The van der Waals surface area contributed by atoms with Crippen molar-refractivity contribution in [1.82, 2.24) is 9.55 Å². The maximum absolute atomic E-state index is 11.1. The largest absolute Gasteiger partial charge is 0.480 e. The molecule has 0 spiro atoms. The predicted molar refractivity (Wildman–Crippen MR) is 82.7 cm³/mol. The van der Waals surface area contributed by atoms with Gasteiger partial charge in [-0.25, -0.2) is 4.98 Å². The standard InChI is InChI=1S/C15H18ClN3O2/c1-2-6-18-11-17-8-14(18)9-19(10-15(20)21)13-5-3-4-12(16)7-13/h3-5,7-8,11H,2,6,9-10H2,1H3,(H,20,21). The molecule has 112 valence electrons. The lowest BCUT2D eigenvalue weighted by Gasteiger charge is -2.23. The monoisotopic (exact) mass is 307 g/mol. The Labute approximate surface area is 128 Å². The molecule has 0 aliphatic carbocycles. The first-order chi connectivity index (χ1) is 10.1. The van der Waals surface area contributed by atoms with E-state index in [2.05, 4.69) is 11.9 Å². The number of benzene rings is 1. The highest BCUT2D eigenvalue weighted by Gasteiger charge is 2.14. The number of rotatable bonds is 7. The maximum Gasteiger partial charge on any atom is 0.323 e. The van der Waals surface area contributed by atoms with Crippen LogP contribution in [0.4, 0.5) is 5.69 Å². The quantitative estimate of drug-likeness (QED) is 0.854. The highest BCUT2D eigenvalue weighted by Crippen LogP contribution is 2.21. The molecule has 0 atom stereocenters. The summed E-state index contributed by atoms with van der Waals surface area (Å²) in [5.74, 6) is -0.878. The second-order valence-corrected chi connectivity index (χ2v) is 5.24. The van der Waals surface area contributed by atoms with E-state index < -0.39 is 5.97 Å². The van der Waals surface area contributed by atoms with Crippen LogP contribution in [0.1, 0.15) is 19.0 Å². The normalized spacial score (nSPS) is 10.6. The van der Waals surface area contributed by atoms with Crippen LogP contribution >= 0.6 is 11.6 Å². The Hall–Kier alpha value is -2.01. The maximum atomic E-state index is 11.1. The summed E-state index contributed by atoms with van der Waals surface area (Å²) in [7, 11) is 0. The Morgan fingerprint density at radius 1 is 1.48 bits per heavy atom. The highest BCUT2D eigenvalue weighted by atomic mass is 35.5. The molecule has 0 amide bonds. The number of aromatic nitrogens is 2. The number of carbonyl (C=O) groups is 1. The van der Waals surface area contributed by atoms with Crippen molar-refractivity contribution in [3.8, 4) is 0 Å².